The quantitative estimate of drug-likeness (QED) is 0.644. The molecule has 0 spiro atoms. The van der Waals surface area contributed by atoms with Gasteiger partial charge in [0.1, 0.15) is 5.60 Å². The zero-order chi connectivity index (χ0) is 13.8. The molecule has 0 bridgehead atoms. The molecule has 3 rings (SSSR count). The second-order valence-electron chi connectivity index (χ2n) is 5.64. The molecular formula is C18H20O2. The van der Waals surface area contributed by atoms with E-state index in [1.165, 1.54) is 5.56 Å². The minimum Gasteiger partial charge on any atom is -0.251 e. The van der Waals surface area contributed by atoms with E-state index in [0.29, 0.717) is 5.92 Å². The van der Waals surface area contributed by atoms with Crippen LogP contribution in [0.25, 0.3) is 0 Å². The first-order valence-corrected chi connectivity index (χ1v) is 7.27. The lowest BCUT2D eigenvalue weighted by atomic mass is 9.73. The Kier molecular flexibility index (Phi) is 3.86. The first kappa shape index (κ1) is 13.3. The maximum Gasteiger partial charge on any atom is 0.128 e. The Bertz CT molecular complexity index is 528. The van der Waals surface area contributed by atoms with Gasteiger partial charge < -0.3 is 0 Å². The van der Waals surface area contributed by atoms with Crippen LogP contribution in [0.5, 0.6) is 0 Å². The van der Waals surface area contributed by atoms with Crippen molar-refractivity contribution in [2.24, 2.45) is 0 Å². The Morgan fingerprint density at radius 1 is 0.850 bits per heavy atom. The summed E-state index contributed by atoms with van der Waals surface area (Å²) in [5.41, 5.74) is 1.95. The molecule has 2 heteroatoms. The van der Waals surface area contributed by atoms with Crippen molar-refractivity contribution < 1.29 is 10.1 Å². The van der Waals surface area contributed by atoms with Crippen molar-refractivity contribution in [1.82, 2.24) is 0 Å². The molecule has 0 aromatic heterocycles. The van der Waals surface area contributed by atoms with E-state index >= 15 is 0 Å². The summed E-state index contributed by atoms with van der Waals surface area (Å²) in [5, 5.41) is 9.45. The third-order valence-electron chi connectivity index (χ3n) is 4.54. The van der Waals surface area contributed by atoms with E-state index in [4.69, 9.17) is 4.89 Å². The fraction of sp³-hybridized carbons (Fsp3) is 0.333. The van der Waals surface area contributed by atoms with E-state index in [1.807, 2.05) is 30.3 Å². The van der Waals surface area contributed by atoms with Crippen LogP contribution in [0, 0.1) is 0 Å². The molecule has 1 aliphatic carbocycles. The van der Waals surface area contributed by atoms with Crippen molar-refractivity contribution >= 4 is 0 Å². The van der Waals surface area contributed by atoms with Gasteiger partial charge in [-0.3, -0.25) is 5.26 Å². The molecule has 0 amide bonds. The highest BCUT2D eigenvalue weighted by molar-refractivity contribution is 5.26. The van der Waals surface area contributed by atoms with Gasteiger partial charge in [-0.2, -0.15) is 0 Å². The third kappa shape index (κ3) is 2.49. The fourth-order valence-electron chi connectivity index (χ4n) is 3.32. The first-order valence-electron chi connectivity index (χ1n) is 7.27. The van der Waals surface area contributed by atoms with E-state index in [0.717, 1.165) is 31.2 Å². The highest BCUT2D eigenvalue weighted by Crippen LogP contribution is 2.45. The molecule has 0 unspecified atom stereocenters. The Morgan fingerprint density at radius 2 is 1.40 bits per heavy atom. The summed E-state index contributed by atoms with van der Waals surface area (Å²) in [6.45, 7) is 0. The van der Waals surface area contributed by atoms with Gasteiger partial charge in [-0.15, -0.1) is 0 Å². The van der Waals surface area contributed by atoms with Gasteiger partial charge in [-0.1, -0.05) is 60.7 Å². The lowest BCUT2D eigenvalue weighted by Crippen LogP contribution is -2.33. The molecule has 1 fully saturated rings. The van der Waals surface area contributed by atoms with Crippen LogP contribution >= 0.6 is 0 Å². The maximum absolute atomic E-state index is 9.45. The molecule has 2 aromatic carbocycles. The van der Waals surface area contributed by atoms with Crippen molar-refractivity contribution in [2.75, 3.05) is 0 Å². The molecule has 0 heterocycles. The molecule has 0 aliphatic heterocycles. The number of rotatable bonds is 3. The summed E-state index contributed by atoms with van der Waals surface area (Å²) in [4.78, 5) is 4.95. The maximum atomic E-state index is 9.45. The second kappa shape index (κ2) is 5.78. The zero-order valence-corrected chi connectivity index (χ0v) is 11.5. The molecule has 104 valence electrons. The van der Waals surface area contributed by atoms with Crippen molar-refractivity contribution in [3.63, 3.8) is 0 Å². The smallest absolute Gasteiger partial charge is 0.128 e. The van der Waals surface area contributed by atoms with Crippen molar-refractivity contribution in [3.8, 4) is 0 Å². The lowest BCUT2D eigenvalue weighted by Gasteiger charge is -2.38. The van der Waals surface area contributed by atoms with Crippen LogP contribution in [-0.4, -0.2) is 5.26 Å². The van der Waals surface area contributed by atoms with Gasteiger partial charge in [0.05, 0.1) is 0 Å². The standard InChI is InChI=1S/C18H20O2/c19-20-18(17-9-5-2-6-10-17)13-11-16(12-14-18)15-7-3-1-4-8-15/h1-10,16,19H,11-14H2. The topological polar surface area (TPSA) is 29.5 Å². The van der Waals surface area contributed by atoms with Crippen molar-refractivity contribution in [1.29, 1.82) is 0 Å². The second-order valence-corrected chi connectivity index (χ2v) is 5.64. The van der Waals surface area contributed by atoms with Gasteiger partial charge in [0, 0.05) is 0 Å². The van der Waals surface area contributed by atoms with Crippen LogP contribution < -0.4 is 0 Å². The molecule has 1 saturated carbocycles. The normalized spacial score (nSPS) is 26.4. The van der Waals surface area contributed by atoms with Crippen LogP contribution in [0.15, 0.2) is 60.7 Å². The van der Waals surface area contributed by atoms with E-state index < -0.39 is 5.60 Å². The summed E-state index contributed by atoms with van der Waals surface area (Å²) in [6, 6.07) is 20.7. The monoisotopic (exact) mass is 268 g/mol. The molecular weight excluding hydrogens is 248 g/mol. The van der Waals surface area contributed by atoms with Gasteiger partial charge in [-0.25, -0.2) is 4.89 Å². The Balaban J connectivity index is 1.77. The molecule has 0 radical (unpaired) electrons. The largest absolute Gasteiger partial charge is 0.251 e. The minimum atomic E-state index is -0.521. The van der Waals surface area contributed by atoms with Crippen LogP contribution in [0.3, 0.4) is 0 Å². The first-order chi connectivity index (χ1) is 9.84. The van der Waals surface area contributed by atoms with Crippen molar-refractivity contribution in [2.45, 2.75) is 37.2 Å². The van der Waals surface area contributed by atoms with Crippen LogP contribution in [0.2, 0.25) is 0 Å². The average Bonchev–Trinajstić information content (AvgIpc) is 2.56. The summed E-state index contributed by atoms with van der Waals surface area (Å²) in [6.07, 6.45) is 3.79. The Labute approximate surface area is 120 Å². The average molecular weight is 268 g/mol. The third-order valence-corrected chi connectivity index (χ3v) is 4.54. The molecule has 0 saturated heterocycles. The van der Waals surface area contributed by atoms with E-state index in [-0.39, 0.29) is 0 Å². The van der Waals surface area contributed by atoms with Crippen LogP contribution in [0.1, 0.15) is 42.7 Å². The number of hydrogen-bond donors (Lipinski definition) is 1. The van der Waals surface area contributed by atoms with E-state index in [2.05, 4.69) is 30.3 Å². The molecule has 20 heavy (non-hydrogen) atoms. The van der Waals surface area contributed by atoms with Gasteiger partial charge in [-0.05, 0) is 42.7 Å². The minimum absolute atomic E-state index is 0.521. The summed E-state index contributed by atoms with van der Waals surface area (Å²) in [5.74, 6) is 0.572. The van der Waals surface area contributed by atoms with Crippen LogP contribution in [-0.2, 0) is 10.5 Å². The highest BCUT2D eigenvalue weighted by Gasteiger charge is 2.38. The zero-order valence-electron chi connectivity index (χ0n) is 11.5. The highest BCUT2D eigenvalue weighted by atomic mass is 17.1. The number of hydrogen-bond acceptors (Lipinski definition) is 2. The molecule has 2 aromatic rings. The van der Waals surface area contributed by atoms with Crippen LogP contribution in [0.4, 0.5) is 0 Å². The predicted octanol–water partition coefficient (Wildman–Crippen LogP) is 4.73. The van der Waals surface area contributed by atoms with Gasteiger partial charge in [0.15, 0.2) is 0 Å². The SMILES string of the molecule is OOC1(c2ccccc2)CCC(c2ccccc2)CC1. The van der Waals surface area contributed by atoms with E-state index in [1.54, 1.807) is 0 Å². The van der Waals surface area contributed by atoms with E-state index in [9.17, 15) is 5.26 Å². The summed E-state index contributed by atoms with van der Waals surface area (Å²) < 4.78 is 0. The Morgan fingerprint density at radius 3 is 1.95 bits per heavy atom. The summed E-state index contributed by atoms with van der Waals surface area (Å²) in [7, 11) is 0. The van der Waals surface area contributed by atoms with Gasteiger partial charge in [0.2, 0.25) is 0 Å². The van der Waals surface area contributed by atoms with Crippen molar-refractivity contribution in [3.05, 3.63) is 71.8 Å². The lowest BCUT2D eigenvalue weighted by molar-refractivity contribution is -0.337. The van der Waals surface area contributed by atoms with Gasteiger partial charge in [0.25, 0.3) is 0 Å². The molecule has 0 atom stereocenters. The van der Waals surface area contributed by atoms with Gasteiger partial charge >= 0.3 is 0 Å². The number of benzene rings is 2. The molecule has 1 aliphatic rings. The Hall–Kier alpha value is -1.64. The predicted molar refractivity (Wildman–Crippen MR) is 79.5 cm³/mol. The summed E-state index contributed by atoms with van der Waals surface area (Å²) >= 11 is 0. The molecule has 1 N–H and O–H groups in total. The fourth-order valence-corrected chi connectivity index (χ4v) is 3.32. The molecule has 2 nitrogen and oxygen atoms in total.